The molecule has 0 aliphatic rings. The fourth-order valence-electron chi connectivity index (χ4n) is 2.18. The molecule has 0 bridgehead atoms. The lowest BCUT2D eigenvalue weighted by Gasteiger charge is -2.17. The van der Waals surface area contributed by atoms with Crippen LogP contribution in [-0.2, 0) is 19.4 Å². The number of carbonyl (C=O) groups is 1. The zero-order valence-electron chi connectivity index (χ0n) is 14.2. The fourth-order valence-corrected chi connectivity index (χ4v) is 4.69. The molecular formula is C17H17Cl2NO6S. The van der Waals surface area contributed by atoms with Crippen molar-refractivity contribution in [1.29, 1.82) is 0 Å². The molecule has 0 aliphatic carbocycles. The van der Waals surface area contributed by atoms with Crippen LogP contribution in [0.15, 0.2) is 46.2 Å². The highest BCUT2D eigenvalue weighted by Gasteiger charge is 2.29. The predicted molar refractivity (Wildman–Crippen MR) is 102 cm³/mol. The molecule has 2 rings (SSSR count). The molecule has 0 spiro atoms. The van der Waals surface area contributed by atoms with Gasteiger partial charge in [-0.05, 0) is 12.1 Å². The number of nitrogens with one attached hydrogen (secondary N) is 1. The van der Waals surface area contributed by atoms with Crippen molar-refractivity contribution in [3.8, 4) is 5.75 Å². The van der Waals surface area contributed by atoms with Gasteiger partial charge in [-0.15, -0.1) is 0 Å². The Morgan fingerprint density at radius 3 is 2.41 bits per heavy atom. The summed E-state index contributed by atoms with van der Waals surface area (Å²) in [6.07, 6.45) is 0. The summed E-state index contributed by atoms with van der Waals surface area (Å²) in [4.78, 5) is 10.5. The third-order valence-corrected chi connectivity index (χ3v) is 6.25. The first-order valence-electron chi connectivity index (χ1n) is 7.68. The largest absolute Gasteiger partial charge is 0.489 e. The number of anilines is 1. The van der Waals surface area contributed by atoms with Crippen LogP contribution in [0.25, 0.3) is 0 Å². The Bertz CT molecular complexity index is 919. The van der Waals surface area contributed by atoms with Gasteiger partial charge in [0, 0.05) is 13.2 Å². The molecule has 0 amide bonds. The Kier molecular flexibility index (Phi) is 7.32. The zero-order valence-corrected chi connectivity index (χ0v) is 16.6. The van der Waals surface area contributed by atoms with Gasteiger partial charge in [0.05, 0.1) is 22.2 Å². The standard InChI is InChI=1S/C17H17Cl2NO6S/c1-25-7-8-26-13-9-12(20-10-14(21)22)15(18)17(16(13)19)27(23,24)11-5-3-2-4-6-11/h2-6,9,20H,7-8,10H2,1H3,(H,21,22). The van der Waals surface area contributed by atoms with Gasteiger partial charge in [-0.2, -0.15) is 0 Å². The highest BCUT2D eigenvalue weighted by Crippen LogP contribution is 2.44. The molecule has 0 aromatic heterocycles. The molecule has 0 fully saturated rings. The summed E-state index contributed by atoms with van der Waals surface area (Å²) in [5.74, 6) is -1.10. The number of rotatable bonds is 9. The minimum atomic E-state index is -4.08. The molecule has 27 heavy (non-hydrogen) atoms. The van der Waals surface area contributed by atoms with Crippen molar-refractivity contribution >= 4 is 44.7 Å². The second-order valence-electron chi connectivity index (χ2n) is 5.28. The molecule has 0 heterocycles. The van der Waals surface area contributed by atoms with E-state index in [0.29, 0.717) is 0 Å². The Hall–Kier alpha value is -2.00. The third kappa shape index (κ3) is 5.04. The van der Waals surface area contributed by atoms with Gasteiger partial charge in [-0.1, -0.05) is 41.4 Å². The summed E-state index contributed by atoms with van der Waals surface area (Å²) in [6, 6.07) is 8.98. The summed E-state index contributed by atoms with van der Waals surface area (Å²) in [6.45, 7) is -0.109. The van der Waals surface area contributed by atoms with Crippen LogP contribution in [0, 0.1) is 0 Å². The van der Waals surface area contributed by atoms with E-state index in [1.807, 2.05) is 0 Å². The van der Waals surface area contributed by atoms with E-state index in [2.05, 4.69) is 5.32 Å². The third-order valence-electron chi connectivity index (χ3n) is 3.42. The topological polar surface area (TPSA) is 102 Å². The van der Waals surface area contributed by atoms with Gasteiger partial charge in [-0.25, -0.2) is 8.42 Å². The highest BCUT2D eigenvalue weighted by molar-refractivity contribution is 7.91. The second kappa shape index (κ2) is 9.27. The number of carboxylic acids is 1. The van der Waals surface area contributed by atoms with Gasteiger partial charge in [0.15, 0.2) is 0 Å². The van der Waals surface area contributed by atoms with Crippen molar-refractivity contribution in [2.24, 2.45) is 0 Å². The van der Waals surface area contributed by atoms with E-state index in [4.69, 9.17) is 37.8 Å². The number of aliphatic carboxylic acids is 1. The average Bonchev–Trinajstić information content (AvgIpc) is 2.63. The SMILES string of the molecule is COCCOc1cc(NCC(=O)O)c(Cl)c(S(=O)(=O)c2ccccc2)c1Cl. The van der Waals surface area contributed by atoms with Crippen molar-refractivity contribution in [2.75, 3.05) is 32.2 Å². The molecule has 0 unspecified atom stereocenters. The first kappa shape index (κ1) is 21.3. The van der Waals surface area contributed by atoms with E-state index >= 15 is 0 Å². The molecule has 0 saturated heterocycles. The van der Waals surface area contributed by atoms with Crippen LogP contribution in [0.4, 0.5) is 5.69 Å². The molecular weight excluding hydrogens is 417 g/mol. The van der Waals surface area contributed by atoms with Crippen LogP contribution >= 0.6 is 23.2 Å². The number of methoxy groups -OCH3 is 1. The normalized spacial score (nSPS) is 11.2. The van der Waals surface area contributed by atoms with E-state index in [0.717, 1.165) is 0 Å². The number of ether oxygens (including phenoxy) is 2. The Balaban J connectivity index is 2.61. The lowest BCUT2D eigenvalue weighted by Crippen LogP contribution is -2.14. The van der Waals surface area contributed by atoms with Crippen LogP contribution < -0.4 is 10.1 Å². The number of hydrogen-bond acceptors (Lipinski definition) is 6. The molecule has 0 atom stereocenters. The van der Waals surface area contributed by atoms with Gasteiger partial charge >= 0.3 is 5.97 Å². The minimum Gasteiger partial charge on any atom is -0.489 e. The molecule has 146 valence electrons. The van der Waals surface area contributed by atoms with Crippen molar-refractivity contribution in [3.63, 3.8) is 0 Å². The number of carboxylic acid groups (broad SMARTS) is 1. The molecule has 7 nitrogen and oxygen atoms in total. The molecule has 2 N–H and O–H groups in total. The molecule has 0 radical (unpaired) electrons. The van der Waals surface area contributed by atoms with Crippen LogP contribution in [0.5, 0.6) is 5.75 Å². The maximum Gasteiger partial charge on any atom is 0.322 e. The fraction of sp³-hybridized carbons (Fsp3) is 0.235. The van der Waals surface area contributed by atoms with Gasteiger partial charge < -0.3 is 19.9 Å². The monoisotopic (exact) mass is 433 g/mol. The number of hydrogen-bond donors (Lipinski definition) is 2. The summed E-state index contributed by atoms with van der Waals surface area (Å²) in [7, 11) is -2.59. The van der Waals surface area contributed by atoms with E-state index in [1.165, 1.54) is 25.3 Å². The van der Waals surface area contributed by atoms with Crippen molar-refractivity contribution in [2.45, 2.75) is 9.79 Å². The van der Waals surface area contributed by atoms with Crippen LogP contribution in [0.2, 0.25) is 10.0 Å². The molecule has 0 saturated carbocycles. The van der Waals surface area contributed by atoms with Gasteiger partial charge in [0.1, 0.15) is 28.8 Å². The first-order chi connectivity index (χ1) is 12.8. The van der Waals surface area contributed by atoms with E-state index in [-0.39, 0.29) is 44.5 Å². The number of halogens is 2. The lowest BCUT2D eigenvalue weighted by atomic mass is 10.3. The summed E-state index contributed by atoms with van der Waals surface area (Å²) in [5.41, 5.74) is 0.0744. The Morgan fingerprint density at radius 1 is 1.15 bits per heavy atom. The second-order valence-corrected chi connectivity index (χ2v) is 7.93. The lowest BCUT2D eigenvalue weighted by molar-refractivity contribution is -0.134. The van der Waals surface area contributed by atoms with Crippen LogP contribution in [0.1, 0.15) is 0 Å². The molecule has 2 aromatic rings. The maximum absolute atomic E-state index is 13.1. The molecule has 0 aliphatic heterocycles. The summed E-state index contributed by atoms with van der Waals surface area (Å²) < 4.78 is 36.5. The molecule has 2 aromatic carbocycles. The highest BCUT2D eigenvalue weighted by atomic mass is 35.5. The van der Waals surface area contributed by atoms with Gasteiger partial charge in [0.25, 0.3) is 0 Å². The summed E-state index contributed by atoms with van der Waals surface area (Å²) >= 11 is 12.6. The van der Waals surface area contributed by atoms with Crippen LogP contribution in [-0.4, -0.2) is 46.4 Å². The molecule has 10 heteroatoms. The van der Waals surface area contributed by atoms with E-state index in [1.54, 1.807) is 18.2 Å². The van der Waals surface area contributed by atoms with Gasteiger partial charge in [-0.3, -0.25) is 4.79 Å². The van der Waals surface area contributed by atoms with Gasteiger partial charge in [0.2, 0.25) is 9.84 Å². The Labute approximate surface area is 166 Å². The van der Waals surface area contributed by atoms with Crippen molar-refractivity contribution in [3.05, 3.63) is 46.4 Å². The average molecular weight is 434 g/mol. The number of benzene rings is 2. The zero-order chi connectivity index (χ0) is 20.0. The maximum atomic E-state index is 13.1. The quantitative estimate of drug-likeness (QED) is 0.584. The van der Waals surface area contributed by atoms with Crippen molar-refractivity contribution < 1.29 is 27.8 Å². The van der Waals surface area contributed by atoms with E-state index < -0.39 is 22.4 Å². The Morgan fingerprint density at radius 2 is 1.81 bits per heavy atom. The smallest absolute Gasteiger partial charge is 0.322 e. The first-order valence-corrected chi connectivity index (χ1v) is 9.92. The van der Waals surface area contributed by atoms with E-state index in [9.17, 15) is 13.2 Å². The van der Waals surface area contributed by atoms with Crippen molar-refractivity contribution in [1.82, 2.24) is 0 Å². The minimum absolute atomic E-state index is 0.00738. The predicted octanol–water partition coefficient (Wildman–Crippen LogP) is 3.35. The van der Waals surface area contributed by atoms with Crippen LogP contribution in [0.3, 0.4) is 0 Å². The number of sulfone groups is 1. The summed E-state index contributed by atoms with van der Waals surface area (Å²) in [5, 5.41) is 11.0.